The van der Waals surface area contributed by atoms with Gasteiger partial charge in [-0.25, -0.2) is 0 Å². The standard InChI is InChI=1S/C20H17ClN2O2/c1-12-18(13(2)25-22-12)20-19(21)16-6-4-5-7-17(16)23(20)14-8-10-15(24-3)11-9-14/h4-11H,1-3H3. The SMILES string of the molecule is COc1ccc(-n2c(-c3c(C)noc3C)c(Cl)c3ccccc32)cc1. The molecule has 0 bridgehead atoms. The van der Waals surface area contributed by atoms with E-state index in [2.05, 4.69) is 15.8 Å². The van der Waals surface area contributed by atoms with Crippen molar-refractivity contribution >= 4 is 22.5 Å². The molecule has 0 aliphatic heterocycles. The highest BCUT2D eigenvalue weighted by Gasteiger charge is 2.23. The molecule has 2 aromatic heterocycles. The van der Waals surface area contributed by atoms with Gasteiger partial charge in [0.1, 0.15) is 11.5 Å². The highest BCUT2D eigenvalue weighted by molar-refractivity contribution is 6.38. The van der Waals surface area contributed by atoms with E-state index < -0.39 is 0 Å². The molecule has 0 radical (unpaired) electrons. The molecule has 0 N–H and O–H groups in total. The molecule has 5 heteroatoms. The zero-order chi connectivity index (χ0) is 17.6. The van der Waals surface area contributed by atoms with Crippen LogP contribution in [0.5, 0.6) is 5.75 Å². The summed E-state index contributed by atoms with van der Waals surface area (Å²) in [6.45, 7) is 3.83. The quantitative estimate of drug-likeness (QED) is 0.484. The van der Waals surface area contributed by atoms with E-state index in [1.807, 2.05) is 56.3 Å². The fourth-order valence-corrected chi connectivity index (χ4v) is 3.58. The molecule has 0 aliphatic carbocycles. The highest BCUT2D eigenvalue weighted by Crippen LogP contribution is 2.42. The monoisotopic (exact) mass is 352 g/mol. The maximum absolute atomic E-state index is 6.79. The van der Waals surface area contributed by atoms with E-state index in [1.54, 1.807) is 7.11 Å². The molecule has 2 heterocycles. The Morgan fingerprint density at radius 3 is 2.40 bits per heavy atom. The fourth-order valence-electron chi connectivity index (χ4n) is 3.24. The lowest BCUT2D eigenvalue weighted by atomic mass is 10.1. The van der Waals surface area contributed by atoms with Gasteiger partial charge >= 0.3 is 0 Å². The maximum atomic E-state index is 6.79. The van der Waals surface area contributed by atoms with Gasteiger partial charge in [-0.1, -0.05) is 35.0 Å². The third kappa shape index (κ3) is 2.41. The first kappa shape index (κ1) is 15.8. The Morgan fingerprint density at radius 2 is 1.76 bits per heavy atom. The van der Waals surface area contributed by atoms with E-state index >= 15 is 0 Å². The number of fused-ring (bicyclic) bond motifs is 1. The Kier molecular flexibility index (Phi) is 3.77. The van der Waals surface area contributed by atoms with Gasteiger partial charge in [0.2, 0.25) is 0 Å². The molecule has 0 atom stereocenters. The van der Waals surface area contributed by atoms with Gasteiger partial charge in [0.05, 0.1) is 34.6 Å². The first-order valence-corrected chi connectivity index (χ1v) is 8.36. The van der Waals surface area contributed by atoms with Crippen molar-refractivity contribution in [2.24, 2.45) is 0 Å². The number of hydrogen-bond acceptors (Lipinski definition) is 3. The van der Waals surface area contributed by atoms with Crippen molar-refractivity contribution in [1.29, 1.82) is 0 Å². The minimum atomic E-state index is 0.695. The van der Waals surface area contributed by atoms with Gasteiger partial charge in [-0.15, -0.1) is 0 Å². The molecule has 0 aliphatic rings. The maximum Gasteiger partial charge on any atom is 0.143 e. The van der Waals surface area contributed by atoms with E-state index in [0.717, 1.165) is 45.1 Å². The number of rotatable bonds is 3. The van der Waals surface area contributed by atoms with Crippen LogP contribution in [0.25, 0.3) is 27.8 Å². The molecular formula is C20H17ClN2O2. The lowest BCUT2D eigenvalue weighted by Crippen LogP contribution is -1.98. The minimum absolute atomic E-state index is 0.695. The molecule has 0 fully saturated rings. The number of ether oxygens (including phenoxy) is 1. The number of nitrogens with zero attached hydrogens (tertiary/aromatic N) is 2. The lowest BCUT2D eigenvalue weighted by Gasteiger charge is -2.12. The predicted molar refractivity (Wildman–Crippen MR) is 99.8 cm³/mol. The normalized spacial score (nSPS) is 11.2. The Bertz CT molecular complexity index is 1040. The van der Waals surface area contributed by atoms with Crippen molar-refractivity contribution in [3.63, 3.8) is 0 Å². The van der Waals surface area contributed by atoms with Crippen LogP contribution >= 0.6 is 11.6 Å². The number of methoxy groups -OCH3 is 1. The van der Waals surface area contributed by atoms with Gasteiger partial charge in [0, 0.05) is 11.1 Å². The van der Waals surface area contributed by atoms with Crippen molar-refractivity contribution < 1.29 is 9.26 Å². The number of benzene rings is 2. The van der Waals surface area contributed by atoms with Crippen LogP contribution in [-0.4, -0.2) is 16.8 Å². The zero-order valence-electron chi connectivity index (χ0n) is 14.2. The van der Waals surface area contributed by atoms with Crippen molar-refractivity contribution in [2.45, 2.75) is 13.8 Å². The van der Waals surface area contributed by atoms with Crippen LogP contribution in [-0.2, 0) is 0 Å². The first-order chi connectivity index (χ1) is 12.1. The number of aromatic nitrogens is 2. The van der Waals surface area contributed by atoms with Gasteiger partial charge < -0.3 is 13.8 Å². The summed E-state index contributed by atoms with van der Waals surface area (Å²) in [5, 5.41) is 5.79. The summed E-state index contributed by atoms with van der Waals surface area (Å²) in [6, 6.07) is 16.0. The average molecular weight is 353 g/mol. The van der Waals surface area contributed by atoms with Crippen LogP contribution in [0.15, 0.2) is 53.1 Å². The van der Waals surface area contributed by atoms with Gasteiger partial charge in [-0.3, -0.25) is 0 Å². The molecule has 0 unspecified atom stereocenters. The molecular weight excluding hydrogens is 336 g/mol. The largest absolute Gasteiger partial charge is 0.497 e. The van der Waals surface area contributed by atoms with Crippen molar-refractivity contribution in [3.05, 3.63) is 65.0 Å². The van der Waals surface area contributed by atoms with E-state index in [4.69, 9.17) is 20.9 Å². The topological polar surface area (TPSA) is 40.2 Å². The molecule has 0 amide bonds. The number of hydrogen-bond donors (Lipinski definition) is 0. The number of halogens is 1. The Balaban J connectivity index is 2.09. The second-order valence-electron chi connectivity index (χ2n) is 5.91. The summed E-state index contributed by atoms with van der Waals surface area (Å²) in [6.07, 6.45) is 0. The lowest BCUT2D eigenvalue weighted by molar-refractivity contribution is 0.393. The molecule has 4 rings (SSSR count). The van der Waals surface area contributed by atoms with E-state index in [1.165, 1.54) is 0 Å². The first-order valence-electron chi connectivity index (χ1n) is 7.98. The van der Waals surface area contributed by atoms with Crippen LogP contribution in [0.3, 0.4) is 0 Å². The smallest absolute Gasteiger partial charge is 0.143 e. The van der Waals surface area contributed by atoms with Crippen LogP contribution in [0.4, 0.5) is 0 Å². The Hall–Kier alpha value is -2.72. The summed E-state index contributed by atoms with van der Waals surface area (Å²) in [7, 11) is 1.66. The molecule has 0 spiro atoms. The van der Waals surface area contributed by atoms with Gasteiger partial charge in [-0.05, 0) is 44.2 Å². The summed E-state index contributed by atoms with van der Waals surface area (Å²) in [5.74, 6) is 1.56. The third-order valence-electron chi connectivity index (χ3n) is 4.41. The summed E-state index contributed by atoms with van der Waals surface area (Å²) in [4.78, 5) is 0. The van der Waals surface area contributed by atoms with Gasteiger partial charge in [0.15, 0.2) is 0 Å². The van der Waals surface area contributed by atoms with Crippen LogP contribution in [0.1, 0.15) is 11.5 Å². The molecule has 2 aromatic carbocycles. The highest BCUT2D eigenvalue weighted by atomic mass is 35.5. The van der Waals surface area contributed by atoms with E-state index in [-0.39, 0.29) is 0 Å². The molecule has 25 heavy (non-hydrogen) atoms. The molecule has 0 saturated carbocycles. The molecule has 4 nitrogen and oxygen atoms in total. The molecule has 126 valence electrons. The second kappa shape index (κ2) is 5.97. The Morgan fingerprint density at radius 1 is 1.04 bits per heavy atom. The van der Waals surface area contributed by atoms with Crippen molar-refractivity contribution in [2.75, 3.05) is 7.11 Å². The predicted octanol–water partition coefficient (Wildman–Crippen LogP) is 5.56. The molecule has 4 aromatic rings. The van der Waals surface area contributed by atoms with Crippen LogP contribution < -0.4 is 4.74 Å². The van der Waals surface area contributed by atoms with Crippen LogP contribution in [0, 0.1) is 13.8 Å². The zero-order valence-corrected chi connectivity index (χ0v) is 15.0. The average Bonchev–Trinajstić information content (AvgIpc) is 3.12. The van der Waals surface area contributed by atoms with E-state index in [9.17, 15) is 0 Å². The van der Waals surface area contributed by atoms with Gasteiger partial charge in [0.25, 0.3) is 0 Å². The van der Waals surface area contributed by atoms with Gasteiger partial charge in [-0.2, -0.15) is 0 Å². The fraction of sp³-hybridized carbons (Fsp3) is 0.150. The third-order valence-corrected chi connectivity index (χ3v) is 4.80. The summed E-state index contributed by atoms with van der Waals surface area (Å²) in [5.41, 5.74) is 4.67. The minimum Gasteiger partial charge on any atom is -0.497 e. The van der Waals surface area contributed by atoms with Crippen LogP contribution in [0.2, 0.25) is 5.02 Å². The summed E-state index contributed by atoms with van der Waals surface area (Å²) >= 11 is 6.79. The second-order valence-corrected chi connectivity index (χ2v) is 6.29. The number of para-hydroxylation sites is 1. The van der Waals surface area contributed by atoms with E-state index in [0.29, 0.717) is 5.02 Å². The number of aryl methyl sites for hydroxylation is 2. The summed E-state index contributed by atoms with van der Waals surface area (Å²) < 4.78 is 12.8. The Labute approximate surface area is 150 Å². The molecule has 0 saturated heterocycles. The van der Waals surface area contributed by atoms with Crippen molar-refractivity contribution in [1.82, 2.24) is 9.72 Å². The van der Waals surface area contributed by atoms with Crippen molar-refractivity contribution in [3.8, 4) is 22.7 Å².